The molecule has 116 valence electrons. The van der Waals surface area contributed by atoms with Crippen LogP contribution in [0.1, 0.15) is 6.42 Å². The smallest absolute Gasteiger partial charge is 0.246 e. The molecule has 1 aromatic rings. The van der Waals surface area contributed by atoms with Crippen molar-refractivity contribution in [2.75, 3.05) is 32.5 Å². The molecule has 0 radical (unpaired) electrons. The highest BCUT2D eigenvalue weighted by molar-refractivity contribution is 9.10. The molecule has 0 heterocycles. The van der Waals surface area contributed by atoms with E-state index in [4.69, 9.17) is 15.7 Å². The van der Waals surface area contributed by atoms with E-state index in [0.29, 0.717) is 0 Å². The van der Waals surface area contributed by atoms with Crippen LogP contribution in [-0.4, -0.2) is 39.5 Å². The molecule has 0 amide bonds. The Balaban J connectivity index is 3.25. The van der Waals surface area contributed by atoms with Gasteiger partial charge in [0, 0.05) is 32.3 Å². The molecule has 6 nitrogen and oxygen atoms in total. The summed E-state index contributed by atoms with van der Waals surface area (Å²) in [6.07, 6.45) is -0.00590. The number of nitriles is 1. The van der Waals surface area contributed by atoms with E-state index in [1.807, 2.05) is 6.07 Å². The summed E-state index contributed by atoms with van der Waals surface area (Å²) in [7, 11) is -2.68. The van der Waals surface area contributed by atoms with Gasteiger partial charge in [0.1, 0.15) is 4.90 Å². The number of anilines is 1. The first-order valence-corrected chi connectivity index (χ1v) is 8.18. The van der Waals surface area contributed by atoms with Gasteiger partial charge in [-0.2, -0.15) is 9.57 Å². The molecule has 0 atom stereocenters. The topological polar surface area (TPSA) is 96.4 Å². The number of hydrogen-bond acceptors (Lipinski definition) is 5. The van der Waals surface area contributed by atoms with Gasteiger partial charge >= 0.3 is 0 Å². The second-order valence-corrected chi connectivity index (χ2v) is 6.88. The summed E-state index contributed by atoms with van der Waals surface area (Å²) in [5.74, 6) is -0.913. The molecular formula is C12H15BrFN3O3S. The maximum Gasteiger partial charge on any atom is 0.246 e. The van der Waals surface area contributed by atoms with Crippen LogP contribution >= 0.6 is 15.9 Å². The summed E-state index contributed by atoms with van der Waals surface area (Å²) in [5.41, 5.74) is 5.69. The Bertz CT molecular complexity index is 646. The van der Waals surface area contributed by atoms with Crippen LogP contribution in [0.5, 0.6) is 0 Å². The van der Waals surface area contributed by atoms with E-state index in [0.717, 1.165) is 10.4 Å². The predicted octanol–water partition coefficient (Wildman–Crippen LogP) is 1.72. The molecule has 21 heavy (non-hydrogen) atoms. The Morgan fingerprint density at radius 3 is 2.71 bits per heavy atom. The molecule has 0 saturated carbocycles. The van der Waals surface area contributed by atoms with Gasteiger partial charge in [-0.25, -0.2) is 12.8 Å². The van der Waals surface area contributed by atoms with Gasteiger partial charge in [0.15, 0.2) is 5.82 Å². The zero-order valence-electron chi connectivity index (χ0n) is 11.3. The molecule has 0 aromatic heterocycles. The minimum atomic E-state index is -4.10. The van der Waals surface area contributed by atoms with Crippen LogP contribution in [0.15, 0.2) is 21.5 Å². The third kappa shape index (κ3) is 4.38. The maximum absolute atomic E-state index is 14.1. The van der Waals surface area contributed by atoms with Crippen molar-refractivity contribution in [3.05, 3.63) is 22.4 Å². The van der Waals surface area contributed by atoms with Crippen molar-refractivity contribution < 1.29 is 17.5 Å². The molecule has 0 unspecified atom stereocenters. The lowest BCUT2D eigenvalue weighted by Gasteiger charge is -2.21. The van der Waals surface area contributed by atoms with Crippen molar-refractivity contribution in [3.63, 3.8) is 0 Å². The number of ether oxygens (including phenoxy) is 1. The molecule has 0 fully saturated rings. The Morgan fingerprint density at radius 1 is 1.48 bits per heavy atom. The summed E-state index contributed by atoms with van der Waals surface area (Å²) in [4.78, 5) is -0.525. The molecule has 2 N–H and O–H groups in total. The third-order valence-corrected chi connectivity index (χ3v) is 5.13. The van der Waals surface area contributed by atoms with Gasteiger partial charge in [-0.05, 0) is 28.1 Å². The van der Waals surface area contributed by atoms with Gasteiger partial charge in [0.2, 0.25) is 10.0 Å². The van der Waals surface area contributed by atoms with Crippen molar-refractivity contribution in [2.45, 2.75) is 11.3 Å². The summed E-state index contributed by atoms with van der Waals surface area (Å²) in [6, 6.07) is 4.20. The molecule has 9 heteroatoms. The van der Waals surface area contributed by atoms with Gasteiger partial charge < -0.3 is 10.5 Å². The van der Waals surface area contributed by atoms with Crippen molar-refractivity contribution in [1.29, 1.82) is 5.26 Å². The molecular weight excluding hydrogens is 365 g/mol. The molecule has 0 spiro atoms. The second-order valence-electron chi connectivity index (χ2n) is 4.12. The van der Waals surface area contributed by atoms with Gasteiger partial charge in [-0.3, -0.25) is 0 Å². The highest BCUT2D eigenvalue weighted by Crippen LogP contribution is 2.28. The number of nitrogens with zero attached hydrogens (tertiary/aromatic N) is 2. The average molecular weight is 380 g/mol. The quantitative estimate of drug-likeness (QED) is 0.727. The van der Waals surface area contributed by atoms with Crippen LogP contribution in [-0.2, 0) is 14.8 Å². The molecule has 0 aliphatic carbocycles. The number of sulfonamides is 1. The van der Waals surface area contributed by atoms with Crippen LogP contribution in [0.3, 0.4) is 0 Å². The summed E-state index contributed by atoms with van der Waals surface area (Å²) < 4.78 is 44.9. The predicted molar refractivity (Wildman–Crippen MR) is 79.4 cm³/mol. The van der Waals surface area contributed by atoms with Crippen molar-refractivity contribution in [3.8, 4) is 6.07 Å². The highest BCUT2D eigenvalue weighted by Gasteiger charge is 2.28. The maximum atomic E-state index is 14.1. The molecule has 0 saturated heterocycles. The Hall–Kier alpha value is -1.21. The van der Waals surface area contributed by atoms with E-state index < -0.39 is 20.7 Å². The number of nitrogen functional groups attached to an aromatic ring is 1. The lowest BCUT2D eigenvalue weighted by atomic mass is 10.3. The first-order chi connectivity index (χ1) is 9.84. The fourth-order valence-electron chi connectivity index (χ4n) is 1.63. The van der Waals surface area contributed by atoms with Gasteiger partial charge in [0.05, 0.1) is 17.1 Å². The van der Waals surface area contributed by atoms with E-state index in [-0.39, 0.29) is 36.3 Å². The zero-order valence-corrected chi connectivity index (χ0v) is 13.7. The molecule has 0 aliphatic heterocycles. The second kappa shape index (κ2) is 7.70. The fraction of sp³-hybridized carbons (Fsp3) is 0.417. The van der Waals surface area contributed by atoms with E-state index in [1.165, 1.54) is 13.2 Å². The minimum absolute atomic E-state index is 0.00590. The normalized spacial score (nSPS) is 11.6. The minimum Gasteiger partial charge on any atom is -0.399 e. The Kier molecular flexibility index (Phi) is 6.54. The van der Waals surface area contributed by atoms with Crippen LogP contribution in [0.25, 0.3) is 0 Å². The first kappa shape index (κ1) is 17.8. The fourth-order valence-corrected chi connectivity index (χ4v) is 3.79. The third-order valence-electron chi connectivity index (χ3n) is 2.65. The number of methoxy groups -OCH3 is 1. The van der Waals surface area contributed by atoms with Crippen molar-refractivity contribution in [2.24, 2.45) is 0 Å². The number of benzene rings is 1. The van der Waals surface area contributed by atoms with E-state index in [2.05, 4.69) is 15.9 Å². The van der Waals surface area contributed by atoms with Crippen LogP contribution in [0, 0.1) is 17.1 Å². The summed E-state index contributed by atoms with van der Waals surface area (Å²) in [6.45, 7) is 0.107. The van der Waals surface area contributed by atoms with Crippen LogP contribution in [0.4, 0.5) is 10.1 Å². The lowest BCUT2D eigenvalue weighted by Crippen LogP contribution is -2.35. The summed E-state index contributed by atoms with van der Waals surface area (Å²) >= 11 is 2.93. The highest BCUT2D eigenvalue weighted by atomic mass is 79.9. The average Bonchev–Trinajstić information content (AvgIpc) is 2.42. The Morgan fingerprint density at radius 2 is 2.14 bits per heavy atom. The van der Waals surface area contributed by atoms with Crippen molar-refractivity contribution >= 4 is 31.6 Å². The standard InChI is InChI=1S/C12H15BrFN3O3S/c1-20-6-5-17(4-2-3-15)21(18,19)11-8-9(16)7-10(13)12(11)14/h7-8H,2,4-6,16H2,1H3. The monoisotopic (exact) mass is 379 g/mol. The SMILES string of the molecule is COCCN(CCC#N)S(=O)(=O)c1cc(N)cc(Br)c1F. The lowest BCUT2D eigenvalue weighted by molar-refractivity contribution is 0.179. The van der Waals surface area contributed by atoms with Gasteiger partial charge in [0.25, 0.3) is 0 Å². The molecule has 0 bridgehead atoms. The number of nitrogens with two attached hydrogens (primary N) is 1. The van der Waals surface area contributed by atoms with E-state index in [1.54, 1.807) is 0 Å². The summed E-state index contributed by atoms with van der Waals surface area (Å²) in [5, 5.41) is 8.62. The largest absolute Gasteiger partial charge is 0.399 e. The van der Waals surface area contributed by atoms with Gasteiger partial charge in [-0.1, -0.05) is 0 Å². The Labute approximate surface area is 131 Å². The number of halogens is 2. The molecule has 0 aliphatic rings. The van der Waals surface area contributed by atoms with E-state index in [9.17, 15) is 12.8 Å². The molecule has 1 rings (SSSR count). The number of rotatable bonds is 7. The first-order valence-electron chi connectivity index (χ1n) is 5.95. The van der Waals surface area contributed by atoms with E-state index >= 15 is 0 Å². The van der Waals surface area contributed by atoms with Crippen molar-refractivity contribution in [1.82, 2.24) is 4.31 Å². The number of hydrogen-bond donors (Lipinski definition) is 1. The van der Waals surface area contributed by atoms with Crippen LogP contribution in [0.2, 0.25) is 0 Å². The molecule has 1 aromatic carbocycles. The van der Waals surface area contributed by atoms with Gasteiger partial charge in [-0.15, -0.1) is 0 Å². The zero-order chi connectivity index (χ0) is 16.0. The van der Waals surface area contributed by atoms with Crippen LogP contribution < -0.4 is 5.73 Å².